The van der Waals surface area contributed by atoms with E-state index in [0.717, 1.165) is 47.3 Å². The number of carbonyl (C=O) groups is 2. The number of hydrogen-bond donors (Lipinski definition) is 3. The van der Waals surface area contributed by atoms with Gasteiger partial charge in [0.25, 0.3) is 11.8 Å². The van der Waals surface area contributed by atoms with Crippen molar-refractivity contribution in [2.75, 3.05) is 5.32 Å². The van der Waals surface area contributed by atoms with Gasteiger partial charge in [0.05, 0.1) is 5.56 Å². The van der Waals surface area contributed by atoms with Crippen LogP contribution in [0.25, 0.3) is 11.3 Å². The van der Waals surface area contributed by atoms with Gasteiger partial charge in [0, 0.05) is 10.4 Å². The van der Waals surface area contributed by atoms with Gasteiger partial charge in [-0.2, -0.15) is 0 Å². The first-order valence-corrected chi connectivity index (χ1v) is 11.3. The van der Waals surface area contributed by atoms with Crippen molar-refractivity contribution in [1.29, 1.82) is 0 Å². The lowest BCUT2D eigenvalue weighted by Gasteiger charge is -2.11. The molecule has 2 aromatic heterocycles. The van der Waals surface area contributed by atoms with Gasteiger partial charge in [-0.3, -0.25) is 14.9 Å². The Bertz CT molecular complexity index is 1190. The van der Waals surface area contributed by atoms with Gasteiger partial charge in [-0.1, -0.05) is 12.1 Å². The lowest BCUT2D eigenvalue weighted by molar-refractivity contribution is 0.0950. The van der Waals surface area contributed by atoms with Crippen molar-refractivity contribution in [3.8, 4) is 11.3 Å². The number of thiophene rings is 1. The van der Waals surface area contributed by atoms with Crippen LogP contribution in [0.1, 0.15) is 55.3 Å². The molecule has 0 radical (unpaired) electrons. The number of rotatable bonds is 4. The molecule has 0 saturated heterocycles. The molecule has 31 heavy (non-hydrogen) atoms. The summed E-state index contributed by atoms with van der Waals surface area (Å²) >= 11 is 6.77. The van der Waals surface area contributed by atoms with Gasteiger partial charge in [-0.15, -0.1) is 11.3 Å². The summed E-state index contributed by atoms with van der Waals surface area (Å²) in [5.41, 5.74) is 10.3. The fraction of sp³-hybridized carbons (Fsp3) is 0.261. The van der Waals surface area contributed by atoms with Crippen LogP contribution in [-0.4, -0.2) is 16.9 Å². The molecule has 6 nitrogen and oxygen atoms in total. The average molecular weight is 454 g/mol. The molecule has 0 aliphatic heterocycles. The summed E-state index contributed by atoms with van der Waals surface area (Å²) in [7, 11) is 0. The quantitative estimate of drug-likeness (QED) is 0.496. The topological polar surface area (TPSA) is 97.4 Å². The van der Waals surface area contributed by atoms with Crippen LogP contribution in [0.4, 0.5) is 5.00 Å². The van der Waals surface area contributed by atoms with Crippen LogP contribution in [0.3, 0.4) is 0 Å². The summed E-state index contributed by atoms with van der Waals surface area (Å²) < 4.78 is 5.73. The number of thiocarbonyl (C=S) groups is 1. The minimum absolute atomic E-state index is 0.0928. The molecule has 1 aromatic carbocycles. The summed E-state index contributed by atoms with van der Waals surface area (Å²) in [6.07, 6.45) is 3.88. The second-order valence-electron chi connectivity index (χ2n) is 7.65. The number of furan rings is 1. The second kappa shape index (κ2) is 8.64. The van der Waals surface area contributed by atoms with Crippen LogP contribution in [0.2, 0.25) is 0 Å². The SMILES string of the molecule is Cc1ccc(-c2ccc(C(=O)NC(=S)Nc3sc4c(c3C(N)=O)CCCC4)o2)cc1C. The zero-order valence-electron chi connectivity index (χ0n) is 17.3. The third-order valence-electron chi connectivity index (χ3n) is 5.49. The molecular weight excluding hydrogens is 430 g/mol. The number of nitrogens with one attached hydrogen (secondary N) is 2. The number of nitrogens with two attached hydrogens (primary N) is 1. The first-order valence-electron chi connectivity index (χ1n) is 10.1. The Kier molecular flexibility index (Phi) is 5.93. The highest BCUT2D eigenvalue weighted by Gasteiger charge is 2.25. The van der Waals surface area contributed by atoms with E-state index in [4.69, 9.17) is 22.4 Å². The maximum Gasteiger partial charge on any atom is 0.293 e. The Labute approximate surface area is 189 Å². The van der Waals surface area contributed by atoms with E-state index < -0.39 is 11.8 Å². The van der Waals surface area contributed by atoms with Crippen molar-refractivity contribution >= 4 is 45.5 Å². The third kappa shape index (κ3) is 4.40. The minimum Gasteiger partial charge on any atom is -0.451 e. The normalized spacial score (nSPS) is 12.8. The first kappa shape index (κ1) is 21.3. The monoisotopic (exact) mass is 453 g/mol. The predicted molar refractivity (Wildman–Crippen MR) is 127 cm³/mol. The van der Waals surface area contributed by atoms with Gasteiger partial charge in [-0.25, -0.2) is 0 Å². The number of fused-ring (bicyclic) bond motifs is 1. The van der Waals surface area contributed by atoms with Gasteiger partial charge in [0.1, 0.15) is 10.8 Å². The third-order valence-corrected chi connectivity index (χ3v) is 6.90. The number of aryl methyl sites for hydroxylation is 3. The van der Waals surface area contributed by atoms with Crippen LogP contribution in [0.15, 0.2) is 34.7 Å². The summed E-state index contributed by atoms with van der Waals surface area (Å²) in [4.78, 5) is 25.8. The molecule has 1 aliphatic rings. The number of carbonyl (C=O) groups excluding carboxylic acids is 2. The smallest absolute Gasteiger partial charge is 0.293 e. The Hall–Kier alpha value is -2.97. The van der Waals surface area contributed by atoms with Crippen molar-refractivity contribution in [1.82, 2.24) is 5.32 Å². The van der Waals surface area contributed by atoms with Crippen molar-refractivity contribution in [3.63, 3.8) is 0 Å². The van der Waals surface area contributed by atoms with Crippen LogP contribution >= 0.6 is 23.6 Å². The summed E-state index contributed by atoms with van der Waals surface area (Å²) in [5.74, 6) is -0.193. The maximum absolute atomic E-state index is 12.6. The van der Waals surface area contributed by atoms with Crippen molar-refractivity contribution in [3.05, 3.63) is 63.2 Å². The lowest BCUT2D eigenvalue weighted by atomic mass is 9.95. The second-order valence-corrected chi connectivity index (χ2v) is 9.16. The van der Waals surface area contributed by atoms with Crippen LogP contribution in [0, 0.1) is 13.8 Å². The molecule has 160 valence electrons. The van der Waals surface area contributed by atoms with Crippen molar-refractivity contribution in [2.24, 2.45) is 5.73 Å². The molecule has 4 rings (SSSR count). The van der Waals surface area contributed by atoms with Crippen LogP contribution < -0.4 is 16.4 Å². The van der Waals surface area contributed by atoms with E-state index in [9.17, 15) is 9.59 Å². The molecule has 1 aliphatic carbocycles. The minimum atomic E-state index is -0.486. The molecule has 0 saturated carbocycles. The zero-order chi connectivity index (χ0) is 22.1. The predicted octanol–water partition coefficient (Wildman–Crippen LogP) is 4.73. The van der Waals surface area contributed by atoms with Crippen LogP contribution in [0.5, 0.6) is 0 Å². The summed E-state index contributed by atoms with van der Waals surface area (Å²) in [6, 6.07) is 9.36. The molecular formula is C23H23N3O3S2. The van der Waals surface area contributed by atoms with Gasteiger partial charge in [0.15, 0.2) is 10.9 Å². The van der Waals surface area contributed by atoms with Gasteiger partial charge in [0.2, 0.25) is 0 Å². The molecule has 4 N–H and O–H groups in total. The highest BCUT2D eigenvalue weighted by Crippen LogP contribution is 2.37. The number of hydrogen-bond acceptors (Lipinski definition) is 5. The maximum atomic E-state index is 12.6. The van der Waals surface area contributed by atoms with Gasteiger partial charge in [-0.05, 0) is 86.6 Å². The first-order chi connectivity index (χ1) is 14.8. The van der Waals surface area contributed by atoms with Gasteiger partial charge < -0.3 is 15.5 Å². The van der Waals surface area contributed by atoms with E-state index >= 15 is 0 Å². The number of primary amides is 1. The Morgan fingerprint density at radius 2 is 1.87 bits per heavy atom. The molecule has 2 heterocycles. The highest BCUT2D eigenvalue weighted by atomic mass is 32.1. The Balaban J connectivity index is 1.47. The van der Waals surface area contributed by atoms with E-state index in [1.165, 1.54) is 16.9 Å². The average Bonchev–Trinajstić information content (AvgIpc) is 3.34. The number of amides is 2. The standard InChI is InChI=1S/C23H23N3O3S2/c1-12-7-8-14(11-13(12)2)16-9-10-17(29-16)21(28)25-23(30)26-22-19(20(24)27)15-5-3-4-6-18(15)31-22/h7-11H,3-6H2,1-2H3,(H2,24,27)(H2,25,26,28,30). The Morgan fingerprint density at radius 1 is 1.10 bits per heavy atom. The summed E-state index contributed by atoms with van der Waals surface area (Å²) in [6.45, 7) is 4.07. The van der Waals surface area contributed by atoms with E-state index in [0.29, 0.717) is 16.3 Å². The molecule has 8 heteroatoms. The van der Waals surface area contributed by atoms with Gasteiger partial charge >= 0.3 is 0 Å². The van der Waals surface area contributed by atoms with Crippen molar-refractivity contribution in [2.45, 2.75) is 39.5 Å². The molecule has 0 bridgehead atoms. The van der Waals surface area contributed by atoms with Crippen LogP contribution in [-0.2, 0) is 12.8 Å². The highest BCUT2D eigenvalue weighted by molar-refractivity contribution is 7.80. The number of benzene rings is 1. The molecule has 0 unspecified atom stereocenters. The molecule has 3 aromatic rings. The summed E-state index contributed by atoms with van der Waals surface area (Å²) in [5, 5.41) is 6.27. The molecule has 0 spiro atoms. The molecule has 0 atom stereocenters. The number of anilines is 1. The van der Waals surface area contributed by atoms with E-state index in [1.54, 1.807) is 12.1 Å². The van der Waals surface area contributed by atoms with E-state index in [2.05, 4.69) is 10.6 Å². The van der Waals surface area contributed by atoms with E-state index in [-0.39, 0.29) is 10.9 Å². The van der Waals surface area contributed by atoms with E-state index in [1.807, 2.05) is 32.0 Å². The fourth-order valence-electron chi connectivity index (χ4n) is 3.72. The Morgan fingerprint density at radius 3 is 2.61 bits per heavy atom. The largest absolute Gasteiger partial charge is 0.451 e. The zero-order valence-corrected chi connectivity index (χ0v) is 19.0. The molecule has 0 fully saturated rings. The lowest BCUT2D eigenvalue weighted by Crippen LogP contribution is -2.34. The fourth-order valence-corrected chi connectivity index (χ4v) is 5.28. The molecule has 2 amide bonds. The van der Waals surface area contributed by atoms with Crippen molar-refractivity contribution < 1.29 is 14.0 Å².